The Bertz CT molecular complexity index is 1600. The molecule has 0 unspecified atom stereocenters. The molecular formula is C33H29N3O5. The van der Waals surface area contributed by atoms with E-state index in [1.54, 1.807) is 81.4 Å². The normalized spacial score (nSPS) is 12.6. The van der Waals surface area contributed by atoms with Crippen molar-refractivity contribution in [2.24, 2.45) is 0 Å². The van der Waals surface area contributed by atoms with Crippen LogP contribution in [-0.2, 0) is 11.3 Å². The summed E-state index contributed by atoms with van der Waals surface area (Å²) in [5.41, 5.74) is 3.52. The fourth-order valence-electron chi connectivity index (χ4n) is 4.58. The smallest absolute Gasteiger partial charge is 0.412 e. The molecule has 0 aromatic heterocycles. The molecule has 41 heavy (non-hydrogen) atoms. The van der Waals surface area contributed by atoms with Crippen LogP contribution in [0.15, 0.2) is 97.1 Å². The largest absolute Gasteiger partial charge is 0.444 e. The quantitative estimate of drug-likeness (QED) is 0.260. The zero-order chi connectivity index (χ0) is 29.1. The van der Waals surface area contributed by atoms with E-state index in [9.17, 15) is 19.2 Å². The summed E-state index contributed by atoms with van der Waals surface area (Å²) in [7, 11) is 0. The summed E-state index contributed by atoms with van der Waals surface area (Å²) >= 11 is 0. The average Bonchev–Trinajstić information content (AvgIpc) is 3.18. The topological polar surface area (TPSA) is 105 Å². The van der Waals surface area contributed by atoms with E-state index in [4.69, 9.17) is 4.74 Å². The van der Waals surface area contributed by atoms with Crippen LogP contribution in [0.3, 0.4) is 0 Å². The van der Waals surface area contributed by atoms with E-state index in [-0.39, 0.29) is 18.4 Å². The Balaban J connectivity index is 1.35. The number of fused-ring (bicyclic) bond motifs is 1. The maximum absolute atomic E-state index is 13.3. The molecule has 1 aliphatic heterocycles. The fourth-order valence-corrected chi connectivity index (χ4v) is 4.58. The summed E-state index contributed by atoms with van der Waals surface area (Å²) in [5, 5.41) is 5.71. The zero-order valence-corrected chi connectivity index (χ0v) is 22.9. The van der Waals surface area contributed by atoms with Crippen molar-refractivity contribution in [3.8, 4) is 11.1 Å². The minimum absolute atomic E-state index is 0.0946. The Hall–Kier alpha value is -5.24. The van der Waals surface area contributed by atoms with E-state index in [2.05, 4.69) is 10.6 Å². The van der Waals surface area contributed by atoms with Crippen LogP contribution in [0.25, 0.3) is 11.1 Å². The summed E-state index contributed by atoms with van der Waals surface area (Å²) in [5.74, 6) is -1.07. The molecule has 4 aromatic carbocycles. The third-order valence-corrected chi connectivity index (χ3v) is 6.46. The minimum Gasteiger partial charge on any atom is -0.444 e. The first kappa shape index (κ1) is 27.3. The first-order valence-electron chi connectivity index (χ1n) is 13.1. The highest BCUT2D eigenvalue weighted by Gasteiger charge is 2.35. The van der Waals surface area contributed by atoms with Crippen LogP contribution >= 0.6 is 0 Å². The first-order chi connectivity index (χ1) is 19.6. The summed E-state index contributed by atoms with van der Waals surface area (Å²) in [6, 6.07) is 28.3. The van der Waals surface area contributed by atoms with Crippen LogP contribution in [0.1, 0.15) is 57.4 Å². The second kappa shape index (κ2) is 11.1. The third kappa shape index (κ3) is 6.01. The van der Waals surface area contributed by atoms with Gasteiger partial charge in [-0.25, -0.2) is 4.79 Å². The van der Waals surface area contributed by atoms with Gasteiger partial charge in [0.05, 0.1) is 29.0 Å². The van der Waals surface area contributed by atoms with Gasteiger partial charge in [0.1, 0.15) is 5.60 Å². The summed E-state index contributed by atoms with van der Waals surface area (Å²) < 4.78 is 5.47. The number of para-hydroxylation sites is 1. The lowest BCUT2D eigenvalue weighted by Gasteiger charge is -2.22. The van der Waals surface area contributed by atoms with Crippen molar-refractivity contribution in [2.75, 3.05) is 10.6 Å². The molecule has 0 saturated heterocycles. The lowest BCUT2D eigenvalue weighted by molar-refractivity contribution is 0.0625. The van der Waals surface area contributed by atoms with Crippen molar-refractivity contribution in [3.63, 3.8) is 0 Å². The number of ether oxygens (including phenoxy) is 1. The molecule has 0 fully saturated rings. The van der Waals surface area contributed by atoms with Crippen molar-refractivity contribution < 1.29 is 23.9 Å². The Morgan fingerprint density at radius 2 is 1.29 bits per heavy atom. The molecule has 8 nitrogen and oxygen atoms in total. The van der Waals surface area contributed by atoms with Crippen molar-refractivity contribution in [3.05, 3.63) is 119 Å². The van der Waals surface area contributed by atoms with Gasteiger partial charge in [-0.05, 0) is 62.2 Å². The number of benzene rings is 4. The van der Waals surface area contributed by atoms with E-state index in [1.165, 1.54) is 4.90 Å². The molecule has 4 amide bonds. The number of anilines is 2. The zero-order valence-electron chi connectivity index (χ0n) is 22.9. The van der Waals surface area contributed by atoms with Gasteiger partial charge in [0.25, 0.3) is 17.7 Å². The van der Waals surface area contributed by atoms with Gasteiger partial charge >= 0.3 is 6.09 Å². The van der Waals surface area contributed by atoms with Crippen molar-refractivity contribution in [1.82, 2.24) is 4.90 Å². The van der Waals surface area contributed by atoms with Gasteiger partial charge in [-0.15, -0.1) is 0 Å². The molecule has 0 radical (unpaired) electrons. The standard InChI is InChI=1S/C33H29N3O5/c1-33(2,3)41-32(40)35-28-24(22-10-5-4-6-11-22)14-9-15-27(28)34-29(37)23-18-16-21(17-19-23)20-36-30(38)25-12-7-8-13-26(25)31(36)39/h4-19H,20H2,1-3H3,(H,34,37)(H,35,40). The van der Waals surface area contributed by atoms with Crippen LogP contribution < -0.4 is 10.6 Å². The second-order valence-corrected chi connectivity index (χ2v) is 10.6. The molecular weight excluding hydrogens is 518 g/mol. The molecule has 1 heterocycles. The lowest BCUT2D eigenvalue weighted by atomic mass is 10.0. The van der Waals surface area contributed by atoms with Gasteiger partial charge < -0.3 is 10.1 Å². The molecule has 8 heteroatoms. The molecule has 0 saturated carbocycles. The van der Waals surface area contributed by atoms with E-state index >= 15 is 0 Å². The predicted octanol–water partition coefficient (Wildman–Crippen LogP) is 6.75. The van der Waals surface area contributed by atoms with Gasteiger partial charge in [0, 0.05) is 11.1 Å². The molecule has 0 aliphatic carbocycles. The number of rotatable bonds is 6. The van der Waals surface area contributed by atoms with E-state index < -0.39 is 17.6 Å². The second-order valence-electron chi connectivity index (χ2n) is 10.6. The molecule has 206 valence electrons. The number of imide groups is 1. The third-order valence-electron chi connectivity index (χ3n) is 6.46. The van der Waals surface area contributed by atoms with Gasteiger partial charge in [-0.2, -0.15) is 0 Å². The molecule has 0 atom stereocenters. The van der Waals surface area contributed by atoms with E-state index in [0.29, 0.717) is 39.2 Å². The number of amides is 4. The van der Waals surface area contributed by atoms with Crippen LogP contribution in [0.2, 0.25) is 0 Å². The number of hydrogen-bond acceptors (Lipinski definition) is 5. The number of nitrogens with one attached hydrogen (secondary N) is 2. The van der Waals surface area contributed by atoms with Crippen LogP contribution in [0.5, 0.6) is 0 Å². The Labute approximate surface area is 238 Å². The molecule has 0 spiro atoms. The average molecular weight is 548 g/mol. The SMILES string of the molecule is CC(C)(C)OC(=O)Nc1c(NC(=O)c2ccc(CN3C(=O)c4ccccc4C3=O)cc2)cccc1-c1ccccc1. The maximum atomic E-state index is 13.3. The first-order valence-corrected chi connectivity index (χ1v) is 13.1. The van der Waals surface area contributed by atoms with Gasteiger partial charge in [-0.1, -0.05) is 66.7 Å². The maximum Gasteiger partial charge on any atom is 0.412 e. The Morgan fingerprint density at radius 3 is 1.90 bits per heavy atom. The molecule has 1 aliphatic rings. The summed E-state index contributed by atoms with van der Waals surface area (Å²) in [6.07, 6.45) is -0.645. The number of hydrogen-bond donors (Lipinski definition) is 2. The van der Waals surface area contributed by atoms with Gasteiger partial charge in [0.2, 0.25) is 0 Å². The molecule has 0 bridgehead atoms. The van der Waals surface area contributed by atoms with E-state index in [1.807, 2.05) is 36.4 Å². The lowest BCUT2D eigenvalue weighted by Crippen LogP contribution is -2.29. The Morgan fingerprint density at radius 1 is 0.707 bits per heavy atom. The van der Waals surface area contributed by atoms with Crippen LogP contribution in [0.4, 0.5) is 16.2 Å². The summed E-state index contributed by atoms with van der Waals surface area (Å²) in [6.45, 7) is 5.42. The highest BCUT2D eigenvalue weighted by molar-refractivity contribution is 6.21. The van der Waals surface area contributed by atoms with E-state index in [0.717, 1.165) is 5.56 Å². The highest BCUT2D eigenvalue weighted by atomic mass is 16.6. The van der Waals surface area contributed by atoms with Crippen molar-refractivity contribution in [2.45, 2.75) is 32.9 Å². The number of carbonyl (C=O) groups excluding carboxylic acids is 4. The van der Waals surface area contributed by atoms with Gasteiger partial charge in [0.15, 0.2) is 0 Å². The predicted molar refractivity (Wildman–Crippen MR) is 157 cm³/mol. The number of nitrogens with zero attached hydrogens (tertiary/aromatic N) is 1. The van der Waals surface area contributed by atoms with Gasteiger partial charge in [-0.3, -0.25) is 24.6 Å². The fraction of sp³-hybridized carbons (Fsp3) is 0.152. The molecule has 2 N–H and O–H groups in total. The minimum atomic E-state index is -0.704. The van der Waals surface area contributed by atoms with Crippen molar-refractivity contribution in [1.29, 1.82) is 0 Å². The summed E-state index contributed by atoms with van der Waals surface area (Å²) in [4.78, 5) is 52.6. The van der Waals surface area contributed by atoms with Crippen molar-refractivity contribution >= 4 is 35.2 Å². The van der Waals surface area contributed by atoms with Crippen LogP contribution in [-0.4, -0.2) is 34.3 Å². The number of carbonyl (C=O) groups is 4. The molecule has 5 rings (SSSR count). The highest BCUT2D eigenvalue weighted by Crippen LogP contribution is 2.35. The molecule has 4 aromatic rings. The Kier molecular flexibility index (Phi) is 7.40. The van der Waals surface area contributed by atoms with Crippen LogP contribution in [0, 0.1) is 0 Å². The monoisotopic (exact) mass is 547 g/mol.